The van der Waals surface area contributed by atoms with Crippen molar-refractivity contribution in [3.8, 4) is 0 Å². The van der Waals surface area contributed by atoms with Crippen LogP contribution in [-0.2, 0) is 0 Å². The SMILES string of the molecule is O=C(c1cncc(Cl)n1)C(F)F. The van der Waals surface area contributed by atoms with E-state index in [9.17, 15) is 13.6 Å². The second-order valence-electron chi connectivity index (χ2n) is 1.89. The Bertz CT molecular complexity index is 305. The third-order valence-corrected chi connectivity index (χ3v) is 1.24. The highest BCUT2D eigenvalue weighted by Gasteiger charge is 2.19. The maximum atomic E-state index is 11.8. The van der Waals surface area contributed by atoms with Crippen molar-refractivity contribution in [2.75, 3.05) is 0 Å². The van der Waals surface area contributed by atoms with Crippen LogP contribution < -0.4 is 0 Å². The molecule has 0 N–H and O–H groups in total. The number of ketones is 1. The summed E-state index contributed by atoms with van der Waals surface area (Å²) in [6, 6.07) is 0. The summed E-state index contributed by atoms with van der Waals surface area (Å²) in [5.41, 5.74) is -0.419. The van der Waals surface area contributed by atoms with Crippen LogP contribution in [-0.4, -0.2) is 22.2 Å². The van der Waals surface area contributed by atoms with Gasteiger partial charge in [0.05, 0.1) is 12.4 Å². The Balaban J connectivity index is 2.96. The summed E-state index contributed by atoms with van der Waals surface area (Å²) in [7, 11) is 0. The van der Waals surface area contributed by atoms with Gasteiger partial charge in [-0.1, -0.05) is 11.6 Å². The first kappa shape index (κ1) is 8.99. The van der Waals surface area contributed by atoms with Crippen LogP contribution in [0.25, 0.3) is 0 Å². The number of alkyl halides is 2. The number of hydrogen-bond acceptors (Lipinski definition) is 3. The number of nitrogens with zero attached hydrogens (tertiary/aromatic N) is 2. The van der Waals surface area contributed by atoms with E-state index < -0.39 is 17.9 Å². The average Bonchev–Trinajstić information content (AvgIpc) is 2.03. The second kappa shape index (κ2) is 3.53. The molecule has 64 valence electrons. The Morgan fingerprint density at radius 1 is 1.50 bits per heavy atom. The topological polar surface area (TPSA) is 42.9 Å². The van der Waals surface area contributed by atoms with Crippen molar-refractivity contribution in [3.05, 3.63) is 23.2 Å². The summed E-state index contributed by atoms with van der Waals surface area (Å²) in [4.78, 5) is 17.4. The third-order valence-electron chi connectivity index (χ3n) is 1.06. The Morgan fingerprint density at radius 2 is 2.17 bits per heavy atom. The summed E-state index contributed by atoms with van der Waals surface area (Å²) in [6.45, 7) is 0. The molecule has 0 saturated carbocycles. The summed E-state index contributed by atoms with van der Waals surface area (Å²) in [5.74, 6) is -1.37. The molecule has 0 aliphatic heterocycles. The Labute approximate surface area is 71.4 Å². The van der Waals surface area contributed by atoms with Gasteiger partial charge in [-0.25, -0.2) is 13.8 Å². The van der Waals surface area contributed by atoms with Gasteiger partial charge in [-0.3, -0.25) is 9.78 Å². The van der Waals surface area contributed by atoms with Crippen molar-refractivity contribution in [1.29, 1.82) is 0 Å². The summed E-state index contributed by atoms with van der Waals surface area (Å²) in [5, 5.41) is -0.0819. The highest BCUT2D eigenvalue weighted by atomic mass is 35.5. The van der Waals surface area contributed by atoms with Crippen LogP contribution in [0.1, 0.15) is 10.5 Å². The van der Waals surface area contributed by atoms with E-state index in [0.717, 1.165) is 12.4 Å². The van der Waals surface area contributed by atoms with Crippen LogP contribution in [0.15, 0.2) is 12.4 Å². The van der Waals surface area contributed by atoms with Gasteiger partial charge >= 0.3 is 6.43 Å². The molecular formula is C6H3ClF2N2O. The minimum atomic E-state index is -3.07. The molecule has 12 heavy (non-hydrogen) atoms. The van der Waals surface area contributed by atoms with Crippen LogP contribution in [0, 0.1) is 0 Å². The van der Waals surface area contributed by atoms with Crippen LogP contribution in [0.5, 0.6) is 0 Å². The lowest BCUT2D eigenvalue weighted by Crippen LogP contribution is -2.12. The maximum Gasteiger partial charge on any atom is 0.302 e. The number of Topliss-reactive ketones (excluding diaryl/α,β-unsaturated/α-hetero) is 1. The highest BCUT2D eigenvalue weighted by Crippen LogP contribution is 2.07. The number of aromatic nitrogens is 2. The van der Waals surface area contributed by atoms with Gasteiger partial charge in [-0.2, -0.15) is 0 Å². The molecule has 0 saturated heterocycles. The highest BCUT2D eigenvalue weighted by molar-refractivity contribution is 6.29. The predicted octanol–water partition coefficient (Wildman–Crippen LogP) is 1.58. The molecule has 1 rings (SSSR count). The quantitative estimate of drug-likeness (QED) is 0.668. The van der Waals surface area contributed by atoms with E-state index in [1.165, 1.54) is 0 Å². The van der Waals surface area contributed by atoms with E-state index >= 15 is 0 Å². The lowest BCUT2D eigenvalue weighted by Gasteiger charge is -1.96. The first-order chi connectivity index (χ1) is 5.61. The van der Waals surface area contributed by atoms with Crippen LogP contribution in [0.2, 0.25) is 5.15 Å². The molecule has 0 aromatic carbocycles. The monoisotopic (exact) mass is 192 g/mol. The standard InChI is InChI=1S/C6H3ClF2N2O/c7-4-2-10-1-3(11-4)5(12)6(8)9/h1-2,6H. The van der Waals surface area contributed by atoms with Gasteiger partial charge in [0.25, 0.3) is 0 Å². The second-order valence-corrected chi connectivity index (χ2v) is 2.28. The normalized spacial score (nSPS) is 10.3. The van der Waals surface area contributed by atoms with Crippen molar-refractivity contribution in [1.82, 2.24) is 9.97 Å². The molecule has 0 aliphatic carbocycles. The van der Waals surface area contributed by atoms with Gasteiger partial charge in [-0.05, 0) is 0 Å². The van der Waals surface area contributed by atoms with E-state index in [1.807, 2.05) is 0 Å². The summed E-state index contributed by atoms with van der Waals surface area (Å²) < 4.78 is 23.6. The molecule has 1 aromatic heterocycles. The van der Waals surface area contributed by atoms with Gasteiger partial charge in [0, 0.05) is 0 Å². The lowest BCUT2D eigenvalue weighted by molar-refractivity contribution is 0.0672. The number of hydrogen-bond donors (Lipinski definition) is 0. The molecular weight excluding hydrogens is 190 g/mol. The van der Waals surface area contributed by atoms with Crippen LogP contribution in [0.3, 0.4) is 0 Å². The molecule has 0 spiro atoms. The zero-order valence-electron chi connectivity index (χ0n) is 5.67. The first-order valence-corrected chi connectivity index (χ1v) is 3.29. The fourth-order valence-electron chi connectivity index (χ4n) is 0.573. The fraction of sp³-hybridized carbons (Fsp3) is 0.167. The van der Waals surface area contributed by atoms with E-state index in [1.54, 1.807) is 0 Å². The fourth-order valence-corrected chi connectivity index (χ4v) is 0.720. The van der Waals surface area contributed by atoms with E-state index in [-0.39, 0.29) is 5.15 Å². The van der Waals surface area contributed by atoms with Crippen molar-refractivity contribution < 1.29 is 13.6 Å². The largest absolute Gasteiger partial charge is 0.302 e. The molecule has 0 radical (unpaired) electrons. The molecule has 0 fully saturated rings. The zero-order valence-corrected chi connectivity index (χ0v) is 6.42. The zero-order chi connectivity index (χ0) is 9.14. The molecule has 0 aliphatic rings. The number of carbonyl (C=O) groups excluding carboxylic acids is 1. The van der Waals surface area contributed by atoms with Gasteiger partial charge in [0.2, 0.25) is 5.78 Å². The molecule has 0 amide bonds. The first-order valence-electron chi connectivity index (χ1n) is 2.91. The molecule has 1 heterocycles. The lowest BCUT2D eigenvalue weighted by atomic mass is 10.3. The maximum absolute atomic E-state index is 11.8. The molecule has 6 heteroatoms. The number of halogens is 3. The van der Waals surface area contributed by atoms with Crippen molar-refractivity contribution in [2.24, 2.45) is 0 Å². The third kappa shape index (κ3) is 1.94. The number of rotatable bonds is 2. The molecule has 0 bridgehead atoms. The predicted molar refractivity (Wildman–Crippen MR) is 37.4 cm³/mol. The van der Waals surface area contributed by atoms with Crippen molar-refractivity contribution >= 4 is 17.4 Å². The van der Waals surface area contributed by atoms with Gasteiger partial charge < -0.3 is 0 Å². The van der Waals surface area contributed by atoms with Gasteiger partial charge in [0.15, 0.2) is 0 Å². The number of carbonyl (C=O) groups is 1. The Morgan fingerprint density at radius 3 is 2.67 bits per heavy atom. The van der Waals surface area contributed by atoms with Crippen molar-refractivity contribution in [2.45, 2.75) is 6.43 Å². The van der Waals surface area contributed by atoms with Gasteiger partial charge in [0.1, 0.15) is 10.8 Å². The Kier molecular flexibility index (Phi) is 2.65. The van der Waals surface area contributed by atoms with E-state index in [2.05, 4.69) is 9.97 Å². The molecule has 3 nitrogen and oxygen atoms in total. The van der Waals surface area contributed by atoms with Gasteiger partial charge in [-0.15, -0.1) is 0 Å². The molecule has 1 aromatic rings. The minimum absolute atomic E-state index is 0.0819. The Hall–Kier alpha value is -1.10. The summed E-state index contributed by atoms with van der Waals surface area (Å²) in [6.07, 6.45) is -0.970. The average molecular weight is 193 g/mol. The van der Waals surface area contributed by atoms with Crippen molar-refractivity contribution in [3.63, 3.8) is 0 Å². The minimum Gasteiger partial charge on any atom is -0.286 e. The van der Waals surface area contributed by atoms with Crippen LogP contribution >= 0.6 is 11.6 Å². The summed E-state index contributed by atoms with van der Waals surface area (Å²) >= 11 is 5.32. The van der Waals surface area contributed by atoms with E-state index in [0.29, 0.717) is 0 Å². The van der Waals surface area contributed by atoms with E-state index in [4.69, 9.17) is 11.6 Å². The molecule has 0 unspecified atom stereocenters. The van der Waals surface area contributed by atoms with Crippen LogP contribution in [0.4, 0.5) is 8.78 Å². The smallest absolute Gasteiger partial charge is 0.286 e. The molecule has 0 atom stereocenters.